The number of ether oxygens (including phenoxy) is 1. The van der Waals surface area contributed by atoms with Crippen molar-refractivity contribution in [2.45, 2.75) is 19.6 Å². The highest BCUT2D eigenvalue weighted by Gasteiger charge is 2.36. The van der Waals surface area contributed by atoms with Crippen molar-refractivity contribution in [1.29, 1.82) is 0 Å². The largest absolute Gasteiger partial charge is 0.494 e. The van der Waals surface area contributed by atoms with Gasteiger partial charge in [-0.25, -0.2) is 19.9 Å². The first-order valence-corrected chi connectivity index (χ1v) is 8.14. The summed E-state index contributed by atoms with van der Waals surface area (Å²) in [7, 11) is 1.11. The average molecular weight is 408 g/mol. The predicted octanol–water partition coefficient (Wildman–Crippen LogP) is 2.37. The van der Waals surface area contributed by atoms with Crippen molar-refractivity contribution >= 4 is 11.7 Å². The number of aryl methyl sites for hydroxylation is 1. The molecule has 152 valence electrons. The lowest BCUT2D eigenvalue weighted by atomic mass is 10.2. The fraction of sp³-hybridized carbons (Fsp3) is 0.235. The third-order valence-corrected chi connectivity index (χ3v) is 3.78. The lowest BCUT2D eigenvalue weighted by Gasteiger charge is -2.13. The summed E-state index contributed by atoms with van der Waals surface area (Å²) in [6, 6.07) is 2.43. The van der Waals surface area contributed by atoms with Crippen molar-refractivity contribution in [3.8, 4) is 17.3 Å². The molecule has 1 amide bonds. The molecule has 0 fully saturated rings. The number of nitrogens with two attached hydrogens (primary N) is 1. The molecule has 0 aliphatic heterocycles. The summed E-state index contributed by atoms with van der Waals surface area (Å²) in [5, 5.41) is 2.42. The Morgan fingerprint density at radius 2 is 2.03 bits per heavy atom. The molecule has 0 saturated heterocycles. The van der Waals surface area contributed by atoms with Gasteiger partial charge in [0.1, 0.15) is 17.7 Å². The minimum absolute atomic E-state index is 0.0221. The van der Waals surface area contributed by atoms with Crippen LogP contribution in [-0.2, 0) is 12.7 Å². The zero-order chi connectivity index (χ0) is 21.2. The van der Waals surface area contributed by atoms with E-state index in [0.717, 1.165) is 13.2 Å². The minimum Gasteiger partial charge on any atom is -0.494 e. The van der Waals surface area contributed by atoms with E-state index in [0.29, 0.717) is 5.69 Å². The molecule has 0 aliphatic rings. The van der Waals surface area contributed by atoms with Gasteiger partial charge in [0, 0.05) is 0 Å². The van der Waals surface area contributed by atoms with E-state index in [4.69, 9.17) is 10.2 Å². The number of nitrogens with one attached hydrogen (secondary N) is 1. The van der Waals surface area contributed by atoms with Gasteiger partial charge in [-0.1, -0.05) is 0 Å². The summed E-state index contributed by atoms with van der Waals surface area (Å²) in [6.45, 7) is 1.30. The van der Waals surface area contributed by atoms with Gasteiger partial charge in [0.2, 0.25) is 5.89 Å². The standard InChI is InChI=1S/C17H15F3N6O3/c1-8-11(16-22-5-6-29-16)26-14(21)12(24-8)15(27)23-7-9-3-4-10(28-2)13(25-9)17(18,19)20/h3-6H,7H2,1-2H3,(H2,21,26)(H,23,27). The highest BCUT2D eigenvalue weighted by Crippen LogP contribution is 2.34. The molecule has 0 radical (unpaired) electrons. The number of methoxy groups -OCH3 is 1. The summed E-state index contributed by atoms with van der Waals surface area (Å²) in [5.41, 5.74) is 5.03. The molecule has 0 aromatic carbocycles. The number of amides is 1. The average Bonchev–Trinajstić information content (AvgIpc) is 3.21. The van der Waals surface area contributed by atoms with E-state index in [9.17, 15) is 18.0 Å². The monoisotopic (exact) mass is 408 g/mol. The van der Waals surface area contributed by atoms with Crippen molar-refractivity contribution < 1.29 is 27.1 Å². The number of hydrogen-bond acceptors (Lipinski definition) is 8. The number of halogens is 3. The van der Waals surface area contributed by atoms with Crippen LogP contribution in [0.15, 0.2) is 29.0 Å². The second kappa shape index (κ2) is 7.73. The summed E-state index contributed by atoms with van der Waals surface area (Å²) >= 11 is 0. The molecular weight excluding hydrogens is 393 g/mol. The number of oxazole rings is 1. The first-order chi connectivity index (χ1) is 13.7. The van der Waals surface area contributed by atoms with Crippen molar-refractivity contribution in [1.82, 2.24) is 25.3 Å². The van der Waals surface area contributed by atoms with Gasteiger partial charge in [-0.2, -0.15) is 13.2 Å². The molecule has 3 aromatic rings. The molecule has 0 saturated carbocycles. The molecule has 3 rings (SSSR count). The fourth-order valence-electron chi connectivity index (χ4n) is 2.45. The van der Waals surface area contributed by atoms with Crippen LogP contribution in [-0.4, -0.2) is 33.0 Å². The number of hydrogen-bond donors (Lipinski definition) is 2. The molecule has 3 aromatic heterocycles. The second-order valence-electron chi connectivity index (χ2n) is 5.76. The number of anilines is 1. The van der Waals surface area contributed by atoms with E-state index in [-0.39, 0.29) is 35.3 Å². The lowest BCUT2D eigenvalue weighted by Crippen LogP contribution is -2.26. The Morgan fingerprint density at radius 3 is 2.66 bits per heavy atom. The molecular formula is C17H15F3N6O3. The van der Waals surface area contributed by atoms with Crippen LogP contribution < -0.4 is 15.8 Å². The van der Waals surface area contributed by atoms with Gasteiger partial charge in [-0.15, -0.1) is 0 Å². The Bertz CT molecular complexity index is 1040. The smallest absolute Gasteiger partial charge is 0.437 e. The summed E-state index contributed by atoms with van der Waals surface area (Å²) < 4.78 is 49.0. The maximum absolute atomic E-state index is 13.1. The number of rotatable bonds is 5. The van der Waals surface area contributed by atoms with Crippen LogP contribution >= 0.6 is 0 Å². The molecule has 0 spiro atoms. The van der Waals surface area contributed by atoms with E-state index >= 15 is 0 Å². The number of aromatic nitrogens is 4. The van der Waals surface area contributed by atoms with Crippen molar-refractivity contribution in [2.75, 3.05) is 12.8 Å². The van der Waals surface area contributed by atoms with Crippen LogP contribution in [0.1, 0.15) is 27.6 Å². The number of nitrogen functional groups attached to an aromatic ring is 1. The maximum Gasteiger partial charge on any atom is 0.437 e. The Balaban J connectivity index is 1.79. The summed E-state index contributed by atoms with van der Waals surface area (Å²) in [6.07, 6.45) is -1.93. The normalized spacial score (nSPS) is 11.3. The van der Waals surface area contributed by atoms with Crippen LogP contribution in [0.2, 0.25) is 0 Å². The molecule has 29 heavy (non-hydrogen) atoms. The van der Waals surface area contributed by atoms with Gasteiger partial charge >= 0.3 is 6.18 Å². The van der Waals surface area contributed by atoms with E-state index in [1.54, 1.807) is 6.92 Å². The summed E-state index contributed by atoms with van der Waals surface area (Å²) in [4.78, 5) is 28.0. The van der Waals surface area contributed by atoms with Crippen LogP contribution in [0.3, 0.4) is 0 Å². The zero-order valence-corrected chi connectivity index (χ0v) is 15.2. The third kappa shape index (κ3) is 4.25. The summed E-state index contributed by atoms with van der Waals surface area (Å²) in [5.74, 6) is -1.13. The molecule has 3 N–H and O–H groups in total. The molecule has 0 unspecified atom stereocenters. The van der Waals surface area contributed by atoms with Gasteiger partial charge < -0.3 is 20.2 Å². The first kappa shape index (κ1) is 20.0. The van der Waals surface area contributed by atoms with Gasteiger partial charge in [-0.3, -0.25) is 4.79 Å². The predicted molar refractivity (Wildman–Crippen MR) is 93.6 cm³/mol. The SMILES string of the molecule is COc1ccc(CNC(=O)c2nc(C)c(-c3ncco3)nc2N)nc1C(F)(F)F. The number of pyridine rings is 1. The Labute approximate surface area is 162 Å². The molecule has 0 atom stereocenters. The van der Waals surface area contributed by atoms with Gasteiger partial charge in [0.15, 0.2) is 17.2 Å². The van der Waals surface area contributed by atoms with Gasteiger partial charge in [0.25, 0.3) is 5.91 Å². The van der Waals surface area contributed by atoms with E-state index in [1.165, 1.54) is 18.5 Å². The fourth-order valence-corrected chi connectivity index (χ4v) is 2.45. The topological polar surface area (TPSA) is 129 Å². The lowest BCUT2D eigenvalue weighted by molar-refractivity contribution is -0.142. The van der Waals surface area contributed by atoms with Crippen molar-refractivity contribution in [3.05, 3.63) is 47.4 Å². The number of nitrogens with zero attached hydrogens (tertiary/aromatic N) is 4. The number of carbonyl (C=O) groups excluding carboxylic acids is 1. The van der Waals surface area contributed by atoms with E-state index in [2.05, 4.69) is 30.0 Å². The van der Waals surface area contributed by atoms with Crippen LogP contribution in [0, 0.1) is 6.92 Å². The highest BCUT2D eigenvalue weighted by molar-refractivity contribution is 5.96. The molecule has 0 bridgehead atoms. The van der Waals surface area contributed by atoms with Crippen LogP contribution in [0.5, 0.6) is 5.75 Å². The van der Waals surface area contributed by atoms with Crippen LogP contribution in [0.4, 0.5) is 19.0 Å². The Hall–Kier alpha value is -3.70. The van der Waals surface area contributed by atoms with Crippen LogP contribution in [0.25, 0.3) is 11.6 Å². The van der Waals surface area contributed by atoms with Gasteiger partial charge in [-0.05, 0) is 19.1 Å². The third-order valence-electron chi connectivity index (χ3n) is 3.78. The van der Waals surface area contributed by atoms with E-state index < -0.39 is 23.5 Å². The van der Waals surface area contributed by atoms with Gasteiger partial charge in [0.05, 0.1) is 31.2 Å². The number of carbonyl (C=O) groups is 1. The zero-order valence-electron chi connectivity index (χ0n) is 15.2. The molecule has 0 aliphatic carbocycles. The van der Waals surface area contributed by atoms with E-state index in [1.807, 2.05) is 0 Å². The maximum atomic E-state index is 13.1. The second-order valence-corrected chi connectivity index (χ2v) is 5.76. The molecule has 12 heteroatoms. The quantitative estimate of drug-likeness (QED) is 0.658. The Morgan fingerprint density at radius 1 is 1.28 bits per heavy atom. The Kier molecular flexibility index (Phi) is 5.35. The number of alkyl halides is 3. The highest BCUT2D eigenvalue weighted by atomic mass is 19.4. The minimum atomic E-state index is -4.70. The molecule has 3 heterocycles. The van der Waals surface area contributed by atoms with Crippen molar-refractivity contribution in [3.63, 3.8) is 0 Å². The molecule has 9 nitrogen and oxygen atoms in total. The first-order valence-electron chi connectivity index (χ1n) is 8.14. The van der Waals surface area contributed by atoms with Crippen molar-refractivity contribution in [2.24, 2.45) is 0 Å².